The summed E-state index contributed by atoms with van der Waals surface area (Å²) >= 11 is 0. The zero-order valence-electron chi connectivity index (χ0n) is 10.1. The van der Waals surface area contributed by atoms with Gasteiger partial charge in [-0.1, -0.05) is 43.2 Å². The molecule has 1 aromatic rings. The standard InChI is InChI=1S/C13H16F2O.2H2S/c14-13(15,11-8-2-1-3-9-11)12(16)10-6-4-5-7-10;;/h1-3,8-10,12,16H,4-7H2;2*1H2/t12-;;/m0../s1. The highest BCUT2D eigenvalue weighted by molar-refractivity contribution is 7.59. The van der Waals surface area contributed by atoms with Gasteiger partial charge in [-0.25, -0.2) is 0 Å². The van der Waals surface area contributed by atoms with Gasteiger partial charge in [0.05, 0.1) is 0 Å². The van der Waals surface area contributed by atoms with Gasteiger partial charge >= 0.3 is 0 Å². The largest absolute Gasteiger partial charge is 0.386 e. The predicted octanol–water partition coefficient (Wildman–Crippen LogP) is 3.56. The zero-order chi connectivity index (χ0) is 11.6. The van der Waals surface area contributed by atoms with Crippen LogP contribution >= 0.6 is 27.0 Å². The minimum absolute atomic E-state index is 0. The third-order valence-corrected chi connectivity index (χ3v) is 3.38. The second-order valence-corrected chi connectivity index (χ2v) is 4.48. The van der Waals surface area contributed by atoms with Gasteiger partial charge < -0.3 is 5.11 Å². The Kier molecular flexibility index (Phi) is 7.25. The van der Waals surface area contributed by atoms with Crippen LogP contribution in [0, 0.1) is 5.92 Å². The minimum Gasteiger partial charge on any atom is -0.386 e. The molecule has 0 saturated heterocycles. The van der Waals surface area contributed by atoms with E-state index >= 15 is 0 Å². The number of aliphatic hydroxyl groups is 1. The maximum Gasteiger partial charge on any atom is 0.298 e. The Balaban J connectivity index is 0.00000144. The fourth-order valence-corrected chi connectivity index (χ4v) is 2.40. The van der Waals surface area contributed by atoms with Gasteiger partial charge in [-0.05, 0) is 18.8 Å². The van der Waals surface area contributed by atoms with E-state index in [-0.39, 0.29) is 38.5 Å². The van der Waals surface area contributed by atoms with Crippen LogP contribution in [0.4, 0.5) is 8.78 Å². The van der Waals surface area contributed by atoms with Gasteiger partial charge in [0.25, 0.3) is 5.92 Å². The Morgan fingerprint density at radius 2 is 1.56 bits per heavy atom. The van der Waals surface area contributed by atoms with Crippen LogP contribution in [0.25, 0.3) is 0 Å². The average Bonchev–Trinajstić information content (AvgIpc) is 2.82. The lowest BCUT2D eigenvalue weighted by Gasteiger charge is -2.27. The van der Waals surface area contributed by atoms with E-state index in [1.54, 1.807) is 18.2 Å². The Hall–Kier alpha value is -0.260. The molecule has 1 aromatic carbocycles. The van der Waals surface area contributed by atoms with Gasteiger partial charge in [0, 0.05) is 5.56 Å². The lowest BCUT2D eigenvalue weighted by molar-refractivity contribution is -0.137. The van der Waals surface area contributed by atoms with Gasteiger partial charge in [0.1, 0.15) is 6.10 Å². The number of hydrogen-bond donors (Lipinski definition) is 1. The lowest BCUT2D eigenvalue weighted by atomic mass is 9.91. The molecule has 0 aromatic heterocycles. The summed E-state index contributed by atoms with van der Waals surface area (Å²) < 4.78 is 27.9. The van der Waals surface area contributed by atoms with Crippen LogP contribution in [-0.2, 0) is 5.92 Å². The predicted molar refractivity (Wildman–Crippen MR) is 79.1 cm³/mol. The van der Waals surface area contributed by atoms with E-state index in [1.807, 2.05) is 0 Å². The molecule has 2 rings (SSSR count). The quantitative estimate of drug-likeness (QED) is 0.904. The average molecular weight is 294 g/mol. The molecular weight excluding hydrogens is 274 g/mol. The van der Waals surface area contributed by atoms with Crippen molar-refractivity contribution in [2.45, 2.75) is 37.7 Å². The van der Waals surface area contributed by atoms with E-state index < -0.39 is 12.0 Å². The van der Waals surface area contributed by atoms with Crippen molar-refractivity contribution in [2.24, 2.45) is 5.92 Å². The van der Waals surface area contributed by atoms with Gasteiger partial charge in [0.15, 0.2) is 0 Å². The van der Waals surface area contributed by atoms with E-state index in [4.69, 9.17) is 0 Å². The van der Waals surface area contributed by atoms with Crippen LogP contribution in [0.1, 0.15) is 31.2 Å². The first-order valence-electron chi connectivity index (χ1n) is 5.74. The van der Waals surface area contributed by atoms with Gasteiger partial charge in [0.2, 0.25) is 0 Å². The minimum atomic E-state index is -3.13. The van der Waals surface area contributed by atoms with Crippen molar-refractivity contribution in [1.29, 1.82) is 0 Å². The molecule has 1 aliphatic carbocycles. The summed E-state index contributed by atoms with van der Waals surface area (Å²) in [5.41, 5.74) is -0.0885. The van der Waals surface area contributed by atoms with Crippen molar-refractivity contribution in [1.82, 2.24) is 0 Å². The van der Waals surface area contributed by atoms with Crippen molar-refractivity contribution in [3.05, 3.63) is 35.9 Å². The highest BCUT2D eigenvalue weighted by Crippen LogP contribution is 2.40. The highest BCUT2D eigenvalue weighted by atomic mass is 32.1. The SMILES string of the molecule is O[C@@H](C1CCCC1)C(F)(F)c1ccccc1.S.S. The van der Waals surface area contributed by atoms with Gasteiger partial charge in [-0.3, -0.25) is 0 Å². The molecule has 0 amide bonds. The summed E-state index contributed by atoms with van der Waals surface area (Å²) in [5.74, 6) is -3.38. The van der Waals surface area contributed by atoms with E-state index in [2.05, 4.69) is 0 Å². The monoisotopic (exact) mass is 294 g/mol. The molecule has 0 aliphatic heterocycles. The highest BCUT2D eigenvalue weighted by Gasteiger charge is 2.44. The first-order valence-corrected chi connectivity index (χ1v) is 5.74. The van der Waals surface area contributed by atoms with E-state index in [1.165, 1.54) is 12.1 Å². The molecule has 0 heterocycles. The van der Waals surface area contributed by atoms with Crippen molar-refractivity contribution < 1.29 is 13.9 Å². The number of hydrogen-bond acceptors (Lipinski definition) is 1. The van der Waals surface area contributed by atoms with Crippen LogP contribution < -0.4 is 0 Å². The van der Waals surface area contributed by atoms with Crippen LogP contribution in [-0.4, -0.2) is 11.2 Å². The second-order valence-electron chi connectivity index (χ2n) is 4.48. The van der Waals surface area contributed by atoms with Crippen LogP contribution in [0.15, 0.2) is 30.3 Å². The molecule has 1 saturated carbocycles. The summed E-state index contributed by atoms with van der Waals surface area (Å²) in [7, 11) is 0. The zero-order valence-corrected chi connectivity index (χ0v) is 12.1. The fourth-order valence-electron chi connectivity index (χ4n) is 2.40. The Bertz CT molecular complexity index is 340. The van der Waals surface area contributed by atoms with Gasteiger partial charge in [-0.2, -0.15) is 35.8 Å². The molecule has 1 atom stereocenters. The number of halogens is 2. The molecule has 0 radical (unpaired) electrons. The number of rotatable bonds is 3. The molecule has 1 N–H and O–H groups in total. The Labute approximate surface area is 120 Å². The summed E-state index contributed by atoms with van der Waals surface area (Å²) in [6.07, 6.45) is 1.78. The van der Waals surface area contributed by atoms with E-state index in [0.29, 0.717) is 12.8 Å². The second kappa shape index (κ2) is 7.36. The van der Waals surface area contributed by atoms with Crippen molar-refractivity contribution in [3.63, 3.8) is 0 Å². The number of aliphatic hydroxyl groups excluding tert-OH is 1. The maximum atomic E-state index is 14.0. The molecular formula is C13H20F2OS2. The molecule has 1 fully saturated rings. The summed E-state index contributed by atoms with van der Waals surface area (Å²) in [5, 5.41) is 9.78. The van der Waals surface area contributed by atoms with Crippen LogP contribution in [0.3, 0.4) is 0 Å². The first-order chi connectivity index (χ1) is 7.62. The number of benzene rings is 1. The first kappa shape index (κ1) is 17.7. The lowest BCUT2D eigenvalue weighted by Crippen LogP contribution is -2.36. The van der Waals surface area contributed by atoms with Crippen molar-refractivity contribution in [3.8, 4) is 0 Å². The van der Waals surface area contributed by atoms with Crippen molar-refractivity contribution >= 4 is 27.0 Å². The summed E-state index contributed by atoms with van der Waals surface area (Å²) in [6.45, 7) is 0. The molecule has 0 bridgehead atoms. The van der Waals surface area contributed by atoms with Crippen LogP contribution in [0.2, 0.25) is 0 Å². The molecule has 1 nitrogen and oxygen atoms in total. The van der Waals surface area contributed by atoms with Crippen molar-refractivity contribution in [2.75, 3.05) is 0 Å². The topological polar surface area (TPSA) is 20.2 Å². The molecule has 18 heavy (non-hydrogen) atoms. The Morgan fingerprint density at radius 1 is 1.06 bits per heavy atom. The summed E-state index contributed by atoms with van der Waals surface area (Å²) in [6, 6.07) is 7.59. The van der Waals surface area contributed by atoms with Crippen LogP contribution in [0.5, 0.6) is 0 Å². The number of alkyl halides is 2. The smallest absolute Gasteiger partial charge is 0.298 e. The van der Waals surface area contributed by atoms with Gasteiger partial charge in [-0.15, -0.1) is 0 Å². The van der Waals surface area contributed by atoms with E-state index in [0.717, 1.165) is 12.8 Å². The molecule has 0 unspecified atom stereocenters. The third-order valence-electron chi connectivity index (χ3n) is 3.38. The third kappa shape index (κ3) is 3.62. The molecule has 1 aliphatic rings. The normalized spacial score (nSPS) is 17.7. The van der Waals surface area contributed by atoms with E-state index in [9.17, 15) is 13.9 Å². The molecule has 0 spiro atoms. The maximum absolute atomic E-state index is 14.0. The molecule has 5 heteroatoms. The summed E-state index contributed by atoms with van der Waals surface area (Å²) in [4.78, 5) is 0. The fraction of sp³-hybridized carbons (Fsp3) is 0.538. The Morgan fingerprint density at radius 3 is 2.06 bits per heavy atom. The molecule has 104 valence electrons.